The van der Waals surface area contributed by atoms with Gasteiger partial charge in [0.2, 0.25) is 5.82 Å². The van der Waals surface area contributed by atoms with E-state index in [0.29, 0.717) is 53.5 Å². The fraction of sp³-hybridized carbons (Fsp3) is 0.0423. The number of halogens is 12. The minimum Gasteiger partial charge on any atom is -1.00 e. The van der Waals surface area contributed by atoms with Crippen molar-refractivity contribution in [3.8, 4) is 46.1 Å². The first-order valence-electron chi connectivity index (χ1n) is 32.3. The number of benzene rings is 5. The second-order valence-corrected chi connectivity index (χ2v) is 28.9. The van der Waals surface area contributed by atoms with Crippen LogP contribution in [0.25, 0.3) is 46.1 Å². The second-order valence-electron chi connectivity index (χ2n) is 21.2. The third kappa shape index (κ3) is 54.3. The summed E-state index contributed by atoms with van der Waals surface area (Å²) < 4.78 is 98.4. The molecule has 55 heteroatoms. The Kier molecular flexibility index (Phi) is 73.6. The Morgan fingerprint density at radius 1 is 0.341 bits per heavy atom. The Balaban J connectivity index is -0.000000250. The molecule has 10 aromatic heterocycles. The third-order valence-corrected chi connectivity index (χ3v) is 18.7. The first-order chi connectivity index (χ1) is 54.1. The predicted molar refractivity (Wildman–Crippen MR) is 483 cm³/mol. The summed E-state index contributed by atoms with van der Waals surface area (Å²) in [4.78, 5) is 24.3. The SMILES string of the molecule is FP(F)(F)(F)F.FP(F)(F)(F)F.P.P.P.P.P.P.[CH2-]C[PH+](c1ccccc1)c1ccccc1.[CH3-].[Cu+2].[Cu+2].[Cu+].[Cu].[Cu].[F-].[F-].c1ccc(-c2nn[nH]n2)nc1.c1ccc(-c2nnn[n-]2)nc1.c1ccc(-c2nnn[n-]2)nc1.c1ccc(-c2nnn[n-]2)nc1.c1ccc(C2=NN=NC2)nc1.c1ccc(C2=NN=NC2)nc1.c1ccc([PH+](c2ccccc2)c2ccccc2)cc1. The van der Waals surface area contributed by atoms with E-state index >= 15 is 0 Å². The zero-order chi connectivity index (χ0) is 79.4. The van der Waals surface area contributed by atoms with Gasteiger partial charge in [0, 0.05) is 79.2 Å². The summed E-state index contributed by atoms with van der Waals surface area (Å²) in [6, 6.07) is 87.3. The first-order valence-corrected chi connectivity index (χ1v) is 38.9. The number of aromatic nitrogens is 22. The zero-order valence-electron chi connectivity index (χ0n) is 65.4. The van der Waals surface area contributed by atoms with Crippen LogP contribution in [0.1, 0.15) is 11.4 Å². The smallest absolute Gasteiger partial charge is 1.00 e. The molecule has 1 N–H and O–H groups in total. The number of H-pyrrole nitrogens is 1. The van der Waals surface area contributed by atoms with E-state index in [-0.39, 0.29) is 162 Å². The van der Waals surface area contributed by atoms with Crippen molar-refractivity contribution in [2.24, 2.45) is 30.9 Å². The van der Waals surface area contributed by atoms with Crippen molar-refractivity contribution in [1.82, 2.24) is 112 Å². The van der Waals surface area contributed by atoms with E-state index in [9.17, 15) is 42.0 Å². The molecule has 5 aromatic carbocycles. The fourth-order valence-electron chi connectivity index (χ4n) is 8.80. The van der Waals surface area contributed by atoms with E-state index in [2.05, 4.69) is 302 Å². The molecule has 0 aliphatic carbocycles. The first kappa shape index (κ1) is 131. The summed E-state index contributed by atoms with van der Waals surface area (Å²) in [5, 5.41) is 84.6. The van der Waals surface area contributed by atoms with Crippen molar-refractivity contribution in [3.63, 3.8) is 0 Å². The van der Waals surface area contributed by atoms with Crippen LogP contribution in [0.3, 0.4) is 0 Å². The average molecular weight is 2180 g/mol. The van der Waals surface area contributed by atoms with Gasteiger partial charge < -0.3 is 39.1 Å². The summed E-state index contributed by atoms with van der Waals surface area (Å²) >= 11 is 0. The molecular weight excluding hydrogens is 2100 g/mol. The van der Waals surface area contributed by atoms with E-state index < -0.39 is 32.2 Å². The summed E-state index contributed by atoms with van der Waals surface area (Å²) in [6.45, 7) is 5.19. The van der Waals surface area contributed by atoms with Crippen molar-refractivity contribution in [2.45, 2.75) is 0 Å². The molecule has 0 bridgehead atoms. The largest absolute Gasteiger partial charge is 2.00 e. The topological polar surface area (TPSA) is 364 Å². The molecule has 28 nitrogen and oxygen atoms in total. The van der Waals surface area contributed by atoms with Gasteiger partial charge >= 0.3 is 109 Å². The number of pyridine rings is 6. The van der Waals surface area contributed by atoms with Crippen molar-refractivity contribution in [3.05, 3.63) is 324 Å². The van der Waals surface area contributed by atoms with Gasteiger partial charge in [0.25, 0.3) is 0 Å². The van der Waals surface area contributed by atoms with E-state index in [1.165, 1.54) is 26.5 Å². The minimum absolute atomic E-state index is 0. The molecule has 0 saturated carbocycles. The van der Waals surface area contributed by atoms with Crippen LogP contribution in [-0.2, 0) is 85.3 Å². The Morgan fingerprint density at radius 2 is 0.579 bits per heavy atom. The minimum atomic E-state index is -8.55. The predicted octanol–water partition coefficient (Wildman–Crippen LogP) is 9.02. The van der Waals surface area contributed by atoms with E-state index in [1.807, 2.05) is 91.0 Å². The molecule has 12 heterocycles. The van der Waals surface area contributed by atoms with Crippen LogP contribution in [0.15, 0.2) is 329 Å². The molecule has 126 heavy (non-hydrogen) atoms. The summed E-state index contributed by atoms with van der Waals surface area (Å²) in [5.41, 5.74) is 6.19. The Bertz CT molecular complexity index is 4660. The second kappa shape index (κ2) is 70.8. The van der Waals surface area contributed by atoms with Crippen LogP contribution < -0.4 is 51.2 Å². The zero-order valence-corrected chi connectivity index (χ0v) is 82.4. The van der Waals surface area contributed by atoms with Gasteiger partial charge in [-0.05, 0) is 149 Å². The maximum Gasteiger partial charge on any atom is 2.00 e. The number of aromatic amines is 1. The molecule has 694 valence electrons. The molecule has 6 atom stereocenters. The fourth-order valence-corrected chi connectivity index (χ4v) is 13.5. The van der Waals surface area contributed by atoms with Gasteiger partial charge in [-0.2, -0.15) is 90.5 Å². The van der Waals surface area contributed by atoms with Crippen LogP contribution in [0.5, 0.6) is 0 Å². The number of rotatable bonds is 12. The van der Waals surface area contributed by atoms with Crippen LogP contribution in [0, 0.1) is 14.4 Å². The molecule has 0 amide bonds. The Hall–Kier alpha value is -8.12. The molecule has 17 rings (SSSR count). The van der Waals surface area contributed by atoms with Crippen LogP contribution in [-0.4, -0.2) is 128 Å². The molecule has 15 aromatic rings. The van der Waals surface area contributed by atoms with Crippen molar-refractivity contribution < 1.29 is 137 Å². The van der Waals surface area contributed by atoms with Gasteiger partial charge in [-0.1, -0.05) is 134 Å². The standard InChI is InChI=1S/C18H15P.C14H14P.2C7H6N4.C6H5N5.3C6H4N5.CH3.5Cu.2F5P.2FH.6H3P/c1-4-10-16(11-5-1)19(17-12-6-2-7-13-17)18-14-8-3-9-15-18;1-2-15(13-9-5-3-6-10-13)14-11-7-4-8-12-14;2*1-2-4-8-6(3-1)7-5-9-11-10-7;4*1-2-4-7-5(3-1)6-8-10-11-9-6;;;;;;;2*1-6(2,3,4)5;;;;;;;;/h1-15H;3-12H,1-2H2;2*1-4H,5H2;1-4H,(H,8,9,10,11);3*1-4H;1H3;;;;;;;;2*1H;6*1H3/q;-1;;;;4*-1;;;+1;2*+2;;;;;;;;;;. The normalized spacial score (nSPS) is 10.7. The monoisotopic (exact) mass is 2180 g/mol. The summed E-state index contributed by atoms with van der Waals surface area (Å²) in [7, 11) is -18.6. The molecular formula is C71H81Cu5F12N28P10. The van der Waals surface area contributed by atoms with Crippen LogP contribution in [0.2, 0.25) is 0 Å². The number of hydrogen-bond donors (Lipinski definition) is 1. The van der Waals surface area contributed by atoms with Gasteiger partial charge in [-0.3, -0.25) is 60.8 Å². The maximum absolute atomic E-state index is 9.84. The average Bonchev–Trinajstić information content (AvgIpc) is 1.12. The van der Waals surface area contributed by atoms with Gasteiger partial charge in [-0.25, -0.2) is 0 Å². The van der Waals surface area contributed by atoms with Crippen molar-refractivity contribution in [2.75, 3.05) is 19.3 Å². The number of nitrogens with one attached hydrogen (secondary N) is 1. The van der Waals surface area contributed by atoms with Crippen molar-refractivity contribution >= 4 is 129 Å². The molecule has 0 spiro atoms. The van der Waals surface area contributed by atoms with E-state index in [1.54, 1.807) is 55.4 Å². The van der Waals surface area contributed by atoms with Gasteiger partial charge in [0.1, 0.15) is 46.1 Å². The molecule has 2 aliphatic rings. The maximum atomic E-state index is 9.84. The van der Waals surface area contributed by atoms with Crippen molar-refractivity contribution in [1.29, 1.82) is 0 Å². The molecule has 0 saturated heterocycles. The van der Waals surface area contributed by atoms with Gasteiger partial charge in [0.05, 0.1) is 64.5 Å². The summed E-state index contributed by atoms with van der Waals surface area (Å²) in [5.74, 6) is 1.91. The molecule has 4 radical (unpaired) electrons. The van der Waals surface area contributed by atoms with Gasteiger partial charge in [-0.15, -0.1) is 20.4 Å². The molecule has 2 aliphatic heterocycles. The third-order valence-electron chi connectivity index (χ3n) is 13.4. The number of nitrogens with zero attached hydrogens (tertiary/aromatic N) is 27. The number of tetrazole rings is 4. The summed E-state index contributed by atoms with van der Waals surface area (Å²) in [6.07, 6.45) is 11.2. The van der Waals surface area contributed by atoms with Crippen LogP contribution >= 0.6 is 91.6 Å². The molecule has 0 fully saturated rings. The quantitative estimate of drug-likeness (QED) is 0.0515. The van der Waals surface area contributed by atoms with Crippen LogP contribution in [0.4, 0.5) is 42.0 Å². The Morgan fingerprint density at radius 3 is 0.778 bits per heavy atom. The van der Waals surface area contributed by atoms with E-state index in [4.69, 9.17) is 0 Å². The van der Waals surface area contributed by atoms with Gasteiger partial charge in [0.15, 0.2) is 0 Å². The van der Waals surface area contributed by atoms with E-state index in [0.717, 1.165) is 34.7 Å². The molecule has 6 unspecified atom stereocenters. The Labute approximate surface area is 792 Å². The number of hydrogen-bond acceptors (Lipinski definition) is 24.